The first-order valence-corrected chi connectivity index (χ1v) is 20.4. The third-order valence-electron chi connectivity index (χ3n) is 11.9. The minimum Gasteiger partial charge on any atom is -0.456 e. The second-order valence-electron chi connectivity index (χ2n) is 15.1. The molecule has 0 amide bonds. The molecular formula is C51H36N4OS. The molecule has 2 aliphatic heterocycles. The summed E-state index contributed by atoms with van der Waals surface area (Å²) in [6, 6.07) is 58.6. The molecule has 2 N–H and O–H groups in total. The van der Waals surface area contributed by atoms with Gasteiger partial charge in [-0.05, 0) is 75.2 Å². The van der Waals surface area contributed by atoms with Gasteiger partial charge in [-0.2, -0.15) is 0 Å². The van der Waals surface area contributed by atoms with Gasteiger partial charge in [0.2, 0.25) is 0 Å². The molecule has 4 atom stereocenters. The minimum absolute atomic E-state index is 0.0630. The van der Waals surface area contributed by atoms with Crippen molar-refractivity contribution in [3.05, 3.63) is 204 Å². The van der Waals surface area contributed by atoms with Gasteiger partial charge in [0, 0.05) is 32.9 Å². The van der Waals surface area contributed by atoms with E-state index in [1.54, 1.807) is 0 Å². The number of allylic oxidation sites excluding steroid dienone is 3. The molecule has 6 heteroatoms. The molecule has 0 spiro atoms. The van der Waals surface area contributed by atoms with Gasteiger partial charge in [0.15, 0.2) is 0 Å². The van der Waals surface area contributed by atoms with Gasteiger partial charge in [-0.1, -0.05) is 151 Å². The van der Waals surface area contributed by atoms with E-state index >= 15 is 0 Å². The van der Waals surface area contributed by atoms with Crippen LogP contribution in [0.3, 0.4) is 0 Å². The van der Waals surface area contributed by atoms with Gasteiger partial charge in [0.1, 0.15) is 29.3 Å². The SMILES string of the molecule is C1=CC(C2=NC(c3ccccc3)NC(c3ccccc3)N2)C2C(=C1)Sc1cc(-c3ccc4oc5cccc(-n6c7ccccc7c7ccccc76)c5c4c3)ccc12. The number of rotatable bonds is 5. The molecular weight excluding hydrogens is 717 g/mol. The maximum Gasteiger partial charge on any atom is 0.137 e. The van der Waals surface area contributed by atoms with Crippen molar-refractivity contribution in [2.24, 2.45) is 10.9 Å². The molecule has 2 aromatic heterocycles. The number of nitrogens with zero attached hydrogens (tertiary/aromatic N) is 2. The quantitative estimate of drug-likeness (QED) is 0.184. The van der Waals surface area contributed by atoms with Gasteiger partial charge < -0.3 is 14.3 Å². The summed E-state index contributed by atoms with van der Waals surface area (Å²) in [5.41, 5.74) is 11.3. The summed E-state index contributed by atoms with van der Waals surface area (Å²) in [6.45, 7) is 0. The highest BCUT2D eigenvalue weighted by atomic mass is 32.2. The van der Waals surface area contributed by atoms with Crippen LogP contribution in [-0.2, 0) is 0 Å². The predicted octanol–water partition coefficient (Wildman–Crippen LogP) is 12.6. The maximum absolute atomic E-state index is 6.53. The maximum atomic E-state index is 6.53. The average Bonchev–Trinajstić information content (AvgIpc) is 3.96. The molecule has 57 heavy (non-hydrogen) atoms. The number of nitrogens with one attached hydrogen (secondary N) is 2. The molecule has 12 rings (SSSR count). The van der Waals surface area contributed by atoms with E-state index in [1.165, 1.54) is 53.9 Å². The van der Waals surface area contributed by atoms with Crippen molar-refractivity contribution in [3.8, 4) is 16.8 Å². The summed E-state index contributed by atoms with van der Waals surface area (Å²) in [5.74, 6) is 1.28. The van der Waals surface area contributed by atoms with Crippen LogP contribution < -0.4 is 10.6 Å². The molecule has 1 aliphatic carbocycles. The molecule has 4 unspecified atom stereocenters. The Morgan fingerprint density at radius 3 is 2.11 bits per heavy atom. The number of hydrogen-bond donors (Lipinski definition) is 2. The first-order chi connectivity index (χ1) is 28.2. The Bertz CT molecular complexity index is 3090. The van der Waals surface area contributed by atoms with Gasteiger partial charge in [0.05, 0.1) is 22.1 Å². The number of benzene rings is 7. The largest absolute Gasteiger partial charge is 0.456 e. The average molecular weight is 753 g/mol. The van der Waals surface area contributed by atoms with Gasteiger partial charge in [-0.25, -0.2) is 4.99 Å². The number of hydrogen-bond acceptors (Lipinski definition) is 5. The van der Waals surface area contributed by atoms with Crippen LogP contribution in [0.25, 0.3) is 60.6 Å². The van der Waals surface area contributed by atoms with Crippen molar-refractivity contribution in [1.82, 2.24) is 15.2 Å². The molecule has 0 saturated carbocycles. The van der Waals surface area contributed by atoms with Crippen molar-refractivity contribution in [1.29, 1.82) is 0 Å². The van der Waals surface area contributed by atoms with Crippen molar-refractivity contribution >= 4 is 61.3 Å². The lowest BCUT2D eigenvalue weighted by Gasteiger charge is -2.36. The molecule has 7 aromatic carbocycles. The fraction of sp³-hybridized carbons (Fsp3) is 0.0784. The number of amidine groups is 1. The van der Waals surface area contributed by atoms with Crippen LogP contribution in [0.2, 0.25) is 0 Å². The molecule has 272 valence electrons. The number of furan rings is 1. The normalized spacial score (nSPS) is 20.1. The third-order valence-corrected chi connectivity index (χ3v) is 13.1. The zero-order valence-electron chi connectivity index (χ0n) is 30.8. The van der Waals surface area contributed by atoms with E-state index in [0.717, 1.165) is 39.0 Å². The van der Waals surface area contributed by atoms with E-state index in [-0.39, 0.29) is 24.2 Å². The molecule has 5 nitrogen and oxygen atoms in total. The minimum atomic E-state index is -0.157. The lowest BCUT2D eigenvalue weighted by Crippen LogP contribution is -2.48. The summed E-state index contributed by atoms with van der Waals surface area (Å²) in [4.78, 5) is 8.01. The van der Waals surface area contributed by atoms with Crippen LogP contribution in [0.4, 0.5) is 0 Å². The monoisotopic (exact) mass is 752 g/mol. The van der Waals surface area contributed by atoms with E-state index < -0.39 is 0 Å². The molecule has 3 aliphatic rings. The standard InChI is InChI=1S/C51H36N4OS/c1-3-13-31(14-4-1)49-52-50(32-15-5-2-6-16-32)54-51(53-49)38-19-11-24-45-47(38)37-27-25-34(30-46(37)57-45)33-26-28-43-39(29-33)48-42(22-12-23-44(48)56-43)55-40-20-9-7-17-35(40)36-18-8-10-21-41(36)55/h1-30,38,47,49-50,52H,(H,53,54). The first kappa shape index (κ1) is 32.6. The van der Waals surface area contributed by atoms with Gasteiger partial charge in [-0.3, -0.25) is 5.32 Å². The zero-order chi connectivity index (χ0) is 37.5. The lowest BCUT2D eigenvalue weighted by atomic mass is 9.81. The highest BCUT2D eigenvalue weighted by Gasteiger charge is 2.39. The smallest absolute Gasteiger partial charge is 0.137 e. The number of thioether (sulfide) groups is 1. The zero-order valence-corrected chi connectivity index (χ0v) is 31.7. The van der Waals surface area contributed by atoms with Gasteiger partial charge in [0.25, 0.3) is 0 Å². The summed E-state index contributed by atoms with van der Waals surface area (Å²) >= 11 is 1.89. The van der Waals surface area contributed by atoms with E-state index in [0.29, 0.717) is 0 Å². The summed E-state index contributed by atoms with van der Waals surface area (Å²) < 4.78 is 8.93. The second kappa shape index (κ2) is 13.0. The summed E-state index contributed by atoms with van der Waals surface area (Å²) in [6.07, 6.45) is 6.61. The predicted molar refractivity (Wildman–Crippen MR) is 235 cm³/mol. The summed E-state index contributed by atoms with van der Waals surface area (Å²) in [5, 5.41) is 12.3. The molecule has 4 heterocycles. The van der Waals surface area contributed by atoms with Crippen LogP contribution in [0.1, 0.15) is 34.9 Å². The van der Waals surface area contributed by atoms with Crippen LogP contribution in [-0.4, -0.2) is 10.4 Å². The number of aliphatic imine (C=N–C) groups is 1. The Kier molecular flexibility index (Phi) is 7.43. The molecule has 0 saturated heterocycles. The molecule has 0 radical (unpaired) electrons. The Morgan fingerprint density at radius 2 is 1.32 bits per heavy atom. The Balaban J connectivity index is 0.933. The third kappa shape index (κ3) is 5.25. The number of fused-ring (bicyclic) bond motifs is 9. The number of para-hydroxylation sites is 2. The van der Waals surface area contributed by atoms with Crippen LogP contribution in [0.5, 0.6) is 0 Å². The van der Waals surface area contributed by atoms with Crippen molar-refractivity contribution in [2.75, 3.05) is 0 Å². The number of aromatic nitrogens is 1. The second-order valence-corrected chi connectivity index (χ2v) is 16.2. The first-order valence-electron chi connectivity index (χ1n) is 19.6. The van der Waals surface area contributed by atoms with Crippen molar-refractivity contribution < 1.29 is 4.42 Å². The summed E-state index contributed by atoms with van der Waals surface area (Å²) in [7, 11) is 0. The Morgan fingerprint density at radius 1 is 0.614 bits per heavy atom. The van der Waals surface area contributed by atoms with Crippen molar-refractivity contribution in [2.45, 2.75) is 23.1 Å². The van der Waals surface area contributed by atoms with Crippen LogP contribution in [0, 0.1) is 5.92 Å². The van der Waals surface area contributed by atoms with Crippen LogP contribution >= 0.6 is 11.8 Å². The molecule has 0 fully saturated rings. The van der Waals surface area contributed by atoms with Crippen molar-refractivity contribution in [3.63, 3.8) is 0 Å². The fourth-order valence-electron chi connectivity index (χ4n) is 9.27. The van der Waals surface area contributed by atoms with Gasteiger partial charge in [-0.15, -0.1) is 0 Å². The fourth-order valence-corrected chi connectivity index (χ4v) is 10.6. The highest BCUT2D eigenvalue weighted by molar-refractivity contribution is 8.03. The topological polar surface area (TPSA) is 54.5 Å². The van der Waals surface area contributed by atoms with E-state index in [2.05, 4.69) is 197 Å². The Hall–Kier alpha value is -6.60. The van der Waals surface area contributed by atoms with E-state index in [1.807, 2.05) is 11.8 Å². The highest BCUT2D eigenvalue weighted by Crippen LogP contribution is 2.55. The molecule has 0 bridgehead atoms. The molecule has 9 aromatic rings. The lowest BCUT2D eigenvalue weighted by molar-refractivity contribution is 0.397. The van der Waals surface area contributed by atoms with E-state index in [4.69, 9.17) is 9.41 Å². The van der Waals surface area contributed by atoms with Gasteiger partial charge >= 0.3 is 0 Å². The van der Waals surface area contributed by atoms with E-state index in [9.17, 15) is 0 Å². The Labute approximate surface area is 334 Å². The van der Waals surface area contributed by atoms with Crippen LogP contribution in [0.15, 0.2) is 201 Å².